The van der Waals surface area contributed by atoms with Gasteiger partial charge >= 0.3 is 6.03 Å². The van der Waals surface area contributed by atoms with E-state index in [4.69, 9.17) is 4.42 Å². The summed E-state index contributed by atoms with van der Waals surface area (Å²) in [6, 6.07) is 4.80. The summed E-state index contributed by atoms with van der Waals surface area (Å²) in [7, 11) is 1.80. The lowest BCUT2D eigenvalue weighted by molar-refractivity contribution is 0.0367. The zero-order chi connectivity index (χ0) is 14.6. The number of hydrogen-bond donors (Lipinski definition) is 3. The lowest BCUT2D eigenvalue weighted by Gasteiger charge is -2.21. The molecule has 1 atom stereocenters. The lowest BCUT2D eigenvalue weighted by atomic mass is 10.0. The average molecular weight is 278 g/mol. The fourth-order valence-corrected chi connectivity index (χ4v) is 1.73. The van der Waals surface area contributed by atoms with Crippen LogP contribution in [0.15, 0.2) is 35.1 Å². The van der Waals surface area contributed by atoms with Crippen molar-refractivity contribution >= 4 is 6.03 Å². The Morgan fingerprint density at radius 3 is 2.90 bits per heavy atom. The van der Waals surface area contributed by atoms with Crippen molar-refractivity contribution in [3.63, 3.8) is 0 Å². The molecule has 20 heavy (non-hydrogen) atoms. The van der Waals surface area contributed by atoms with E-state index in [1.807, 2.05) is 6.07 Å². The van der Waals surface area contributed by atoms with Gasteiger partial charge in [0.1, 0.15) is 11.4 Å². The van der Waals surface area contributed by atoms with Crippen molar-refractivity contribution in [3.05, 3.63) is 42.1 Å². The van der Waals surface area contributed by atoms with Crippen molar-refractivity contribution in [2.24, 2.45) is 7.05 Å². The molecule has 0 aliphatic rings. The highest BCUT2D eigenvalue weighted by molar-refractivity contribution is 5.73. The molecule has 1 unspecified atom stereocenters. The van der Waals surface area contributed by atoms with Gasteiger partial charge < -0.3 is 20.2 Å². The summed E-state index contributed by atoms with van der Waals surface area (Å²) in [5.74, 6) is 0.407. The molecule has 2 amide bonds. The number of urea groups is 1. The average Bonchev–Trinajstić information content (AvgIpc) is 3.05. The van der Waals surface area contributed by atoms with Crippen LogP contribution in [-0.2, 0) is 19.2 Å². The summed E-state index contributed by atoms with van der Waals surface area (Å²) in [6.45, 7) is 2.00. The molecule has 0 aromatic carbocycles. The largest absolute Gasteiger partial charge is 0.466 e. The topological polar surface area (TPSA) is 92.3 Å². The predicted molar refractivity (Wildman–Crippen MR) is 71.7 cm³/mol. The molecule has 7 nitrogen and oxygen atoms in total. The second-order valence-electron chi connectivity index (χ2n) is 4.73. The van der Waals surface area contributed by atoms with Crippen LogP contribution in [0.4, 0.5) is 4.79 Å². The van der Waals surface area contributed by atoms with Crippen LogP contribution < -0.4 is 10.6 Å². The molecule has 0 saturated carbocycles. The molecule has 0 aliphatic heterocycles. The van der Waals surface area contributed by atoms with Gasteiger partial charge in [-0.05, 0) is 25.1 Å². The maximum absolute atomic E-state index is 11.7. The number of aromatic nitrogens is 2. The molecule has 0 bridgehead atoms. The summed E-state index contributed by atoms with van der Waals surface area (Å²) in [6.07, 6.45) is 3.14. The zero-order valence-corrected chi connectivity index (χ0v) is 11.5. The number of amides is 2. The number of hydrogen-bond acceptors (Lipinski definition) is 4. The van der Waals surface area contributed by atoms with Gasteiger partial charge in [0.25, 0.3) is 0 Å². The van der Waals surface area contributed by atoms with E-state index < -0.39 is 5.60 Å². The SMILES string of the molecule is Cn1nccc1CNC(=O)NCC(C)(O)c1ccco1. The molecule has 2 aromatic rings. The Morgan fingerprint density at radius 2 is 2.30 bits per heavy atom. The van der Waals surface area contributed by atoms with Gasteiger partial charge in [0, 0.05) is 13.2 Å². The number of rotatable bonds is 5. The smallest absolute Gasteiger partial charge is 0.315 e. The normalized spacial score (nSPS) is 13.8. The summed E-state index contributed by atoms with van der Waals surface area (Å²) in [5.41, 5.74) is -0.356. The molecule has 7 heteroatoms. The third-order valence-electron chi connectivity index (χ3n) is 3.00. The van der Waals surface area contributed by atoms with E-state index in [1.165, 1.54) is 6.26 Å². The Morgan fingerprint density at radius 1 is 1.50 bits per heavy atom. The second kappa shape index (κ2) is 5.79. The molecule has 0 spiro atoms. The first-order valence-corrected chi connectivity index (χ1v) is 6.24. The Hall–Kier alpha value is -2.28. The highest BCUT2D eigenvalue weighted by Crippen LogP contribution is 2.19. The van der Waals surface area contributed by atoms with Crippen molar-refractivity contribution in [1.82, 2.24) is 20.4 Å². The first-order chi connectivity index (χ1) is 9.49. The fraction of sp³-hybridized carbons (Fsp3) is 0.385. The standard InChI is InChI=1S/C13H18N4O3/c1-13(19,11-4-3-7-20-11)9-15-12(18)14-8-10-5-6-16-17(10)2/h3-7,19H,8-9H2,1-2H3,(H2,14,15,18). The third kappa shape index (κ3) is 3.39. The van der Waals surface area contributed by atoms with E-state index in [2.05, 4.69) is 15.7 Å². The van der Waals surface area contributed by atoms with Crippen LogP contribution in [0.5, 0.6) is 0 Å². The Bertz CT molecular complexity index is 560. The molecule has 2 heterocycles. The van der Waals surface area contributed by atoms with Crippen LogP contribution in [0.25, 0.3) is 0 Å². The highest BCUT2D eigenvalue weighted by atomic mass is 16.4. The second-order valence-corrected chi connectivity index (χ2v) is 4.73. The maximum atomic E-state index is 11.7. The van der Waals surface area contributed by atoms with Crippen LogP contribution in [0.3, 0.4) is 0 Å². The third-order valence-corrected chi connectivity index (χ3v) is 3.00. The van der Waals surface area contributed by atoms with Gasteiger partial charge in [-0.1, -0.05) is 0 Å². The number of carbonyl (C=O) groups is 1. The zero-order valence-electron chi connectivity index (χ0n) is 11.5. The number of aryl methyl sites for hydroxylation is 1. The van der Waals surface area contributed by atoms with Gasteiger partial charge in [0.15, 0.2) is 0 Å². The van der Waals surface area contributed by atoms with Gasteiger partial charge in [-0.15, -0.1) is 0 Å². The Kier molecular flexibility index (Phi) is 4.09. The molecule has 108 valence electrons. The van der Waals surface area contributed by atoms with Crippen molar-refractivity contribution in [2.75, 3.05) is 6.54 Å². The lowest BCUT2D eigenvalue weighted by Crippen LogP contribution is -2.43. The van der Waals surface area contributed by atoms with Gasteiger partial charge in [0.05, 0.1) is 25.0 Å². The van der Waals surface area contributed by atoms with Crippen LogP contribution >= 0.6 is 0 Å². The van der Waals surface area contributed by atoms with E-state index in [9.17, 15) is 9.90 Å². The summed E-state index contributed by atoms with van der Waals surface area (Å²) >= 11 is 0. The van der Waals surface area contributed by atoms with Gasteiger partial charge in [0.2, 0.25) is 0 Å². The molecule has 2 aromatic heterocycles. The molecule has 3 N–H and O–H groups in total. The van der Waals surface area contributed by atoms with Crippen molar-refractivity contribution in [3.8, 4) is 0 Å². The van der Waals surface area contributed by atoms with E-state index in [0.717, 1.165) is 5.69 Å². The van der Waals surface area contributed by atoms with Gasteiger partial charge in [-0.3, -0.25) is 4.68 Å². The van der Waals surface area contributed by atoms with Gasteiger partial charge in [-0.2, -0.15) is 5.10 Å². The van der Waals surface area contributed by atoms with Crippen LogP contribution in [0, 0.1) is 0 Å². The highest BCUT2D eigenvalue weighted by Gasteiger charge is 2.26. The predicted octanol–water partition coefficient (Wildman–Crippen LogP) is 0.720. The number of aliphatic hydroxyl groups is 1. The molecular weight excluding hydrogens is 260 g/mol. The summed E-state index contributed by atoms with van der Waals surface area (Å²) in [5, 5.41) is 19.5. The number of furan rings is 1. The maximum Gasteiger partial charge on any atom is 0.315 e. The van der Waals surface area contributed by atoms with E-state index in [1.54, 1.807) is 37.0 Å². The van der Waals surface area contributed by atoms with E-state index >= 15 is 0 Å². The van der Waals surface area contributed by atoms with E-state index in [-0.39, 0.29) is 12.6 Å². The Balaban J connectivity index is 1.79. The van der Waals surface area contributed by atoms with Crippen molar-refractivity contribution < 1.29 is 14.3 Å². The Labute approximate surface area is 116 Å². The van der Waals surface area contributed by atoms with Crippen LogP contribution in [-0.4, -0.2) is 27.5 Å². The van der Waals surface area contributed by atoms with Gasteiger partial charge in [-0.25, -0.2) is 4.79 Å². The molecular formula is C13H18N4O3. The minimum absolute atomic E-state index is 0.0533. The van der Waals surface area contributed by atoms with Crippen LogP contribution in [0.1, 0.15) is 18.4 Å². The first-order valence-electron chi connectivity index (χ1n) is 6.24. The molecule has 0 radical (unpaired) electrons. The molecule has 0 fully saturated rings. The number of nitrogens with zero attached hydrogens (tertiary/aromatic N) is 2. The molecule has 0 aliphatic carbocycles. The summed E-state index contributed by atoms with van der Waals surface area (Å²) < 4.78 is 6.81. The molecule has 2 rings (SSSR count). The monoisotopic (exact) mass is 278 g/mol. The van der Waals surface area contributed by atoms with Crippen molar-refractivity contribution in [1.29, 1.82) is 0 Å². The first kappa shape index (κ1) is 14.1. The summed E-state index contributed by atoms with van der Waals surface area (Å²) in [4.78, 5) is 11.7. The fourth-order valence-electron chi connectivity index (χ4n) is 1.73. The minimum Gasteiger partial charge on any atom is -0.466 e. The van der Waals surface area contributed by atoms with Crippen molar-refractivity contribution in [2.45, 2.75) is 19.1 Å². The number of nitrogens with one attached hydrogen (secondary N) is 2. The minimum atomic E-state index is -1.24. The van der Waals surface area contributed by atoms with E-state index in [0.29, 0.717) is 12.3 Å². The quantitative estimate of drug-likeness (QED) is 0.751. The van der Waals surface area contributed by atoms with Crippen LogP contribution in [0.2, 0.25) is 0 Å². The molecule has 0 saturated heterocycles. The number of carbonyl (C=O) groups excluding carboxylic acids is 1.